The number of aromatic nitrogens is 3. The van der Waals surface area contributed by atoms with Crippen molar-refractivity contribution in [1.82, 2.24) is 14.6 Å². The number of benzene rings is 3. The molecule has 0 radical (unpaired) electrons. The molecule has 0 amide bonds. The van der Waals surface area contributed by atoms with E-state index >= 15 is 0 Å². The number of aromatic amines is 1. The van der Waals surface area contributed by atoms with Gasteiger partial charge < -0.3 is 0 Å². The second-order valence-electron chi connectivity index (χ2n) is 6.66. The molecule has 27 heavy (non-hydrogen) atoms. The zero-order valence-corrected chi connectivity index (χ0v) is 14.6. The van der Waals surface area contributed by atoms with E-state index in [4.69, 9.17) is 0 Å². The Bertz CT molecular complexity index is 1320. The van der Waals surface area contributed by atoms with Crippen molar-refractivity contribution in [3.63, 3.8) is 0 Å². The summed E-state index contributed by atoms with van der Waals surface area (Å²) in [4.78, 5) is 17.5. The van der Waals surface area contributed by atoms with Gasteiger partial charge in [0.15, 0.2) is 5.65 Å². The predicted molar refractivity (Wildman–Crippen MR) is 108 cm³/mol. The number of nitrogens with one attached hydrogen (secondary N) is 1. The van der Waals surface area contributed by atoms with Crippen LogP contribution in [0.15, 0.2) is 90.0 Å². The maximum Gasteiger partial charge on any atom is 0.276 e. The maximum atomic E-state index is 12.9. The van der Waals surface area contributed by atoms with Gasteiger partial charge in [-0.05, 0) is 28.0 Å². The summed E-state index contributed by atoms with van der Waals surface area (Å²) in [5.74, 6) is 0. The van der Waals surface area contributed by atoms with E-state index in [2.05, 4.69) is 40.4 Å². The van der Waals surface area contributed by atoms with E-state index in [1.807, 2.05) is 48.7 Å². The van der Waals surface area contributed by atoms with Crippen LogP contribution in [0.25, 0.3) is 27.5 Å². The molecular formula is C23H17N3O. The Morgan fingerprint density at radius 1 is 0.889 bits per heavy atom. The highest BCUT2D eigenvalue weighted by molar-refractivity contribution is 5.89. The molecule has 0 aliphatic carbocycles. The summed E-state index contributed by atoms with van der Waals surface area (Å²) in [6.45, 7) is 0. The molecule has 0 saturated carbocycles. The molecule has 1 N–H and O–H groups in total. The van der Waals surface area contributed by atoms with Crippen molar-refractivity contribution in [2.45, 2.75) is 6.42 Å². The Kier molecular flexibility index (Phi) is 3.61. The molecule has 0 fully saturated rings. The lowest BCUT2D eigenvalue weighted by atomic mass is 10.0. The first-order valence-electron chi connectivity index (χ1n) is 8.91. The smallest absolute Gasteiger partial charge is 0.276 e. The van der Waals surface area contributed by atoms with Crippen LogP contribution in [0.1, 0.15) is 11.1 Å². The Hall–Kier alpha value is -3.66. The molecule has 0 aliphatic rings. The Labute approximate surface area is 155 Å². The number of H-pyrrole nitrogens is 1. The highest BCUT2D eigenvalue weighted by Gasteiger charge is 2.12. The third-order valence-corrected chi connectivity index (χ3v) is 4.91. The number of hydrogen-bond acceptors (Lipinski definition) is 2. The number of fused-ring (bicyclic) bond motifs is 2. The summed E-state index contributed by atoms with van der Waals surface area (Å²) in [6, 6.07) is 24.5. The van der Waals surface area contributed by atoms with E-state index in [0.717, 1.165) is 22.1 Å². The molecule has 0 unspecified atom stereocenters. The van der Waals surface area contributed by atoms with Crippen molar-refractivity contribution in [2.24, 2.45) is 0 Å². The molecule has 130 valence electrons. The number of rotatable bonds is 3. The summed E-state index contributed by atoms with van der Waals surface area (Å²) < 4.78 is 1.53. The first kappa shape index (κ1) is 15.6. The summed E-state index contributed by atoms with van der Waals surface area (Å²) in [7, 11) is 0. The summed E-state index contributed by atoms with van der Waals surface area (Å²) in [5.41, 5.74) is 4.31. The normalized spacial score (nSPS) is 11.3. The minimum absolute atomic E-state index is 0.0594. The highest BCUT2D eigenvalue weighted by atomic mass is 16.1. The third kappa shape index (κ3) is 2.72. The lowest BCUT2D eigenvalue weighted by Crippen LogP contribution is -2.19. The van der Waals surface area contributed by atoms with Gasteiger partial charge in [-0.3, -0.25) is 9.89 Å². The summed E-state index contributed by atoms with van der Waals surface area (Å²) in [6.07, 6.45) is 4.11. The Morgan fingerprint density at radius 3 is 2.52 bits per heavy atom. The summed E-state index contributed by atoms with van der Waals surface area (Å²) in [5, 5.41) is 5.43. The van der Waals surface area contributed by atoms with Crippen molar-refractivity contribution in [3.05, 3.63) is 107 Å². The minimum atomic E-state index is -0.0594. The van der Waals surface area contributed by atoms with Crippen LogP contribution in [0.4, 0.5) is 0 Å². The fraction of sp³-hybridized carbons (Fsp3) is 0.0435. The van der Waals surface area contributed by atoms with Gasteiger partial charge in [-0.2, -0.15) is 0 Å². The van der Waals surface area contributed by atoms with Crippen LogP contribution < -0.4 is 5.56 Å². The molecule has 0 atom stereocenters. The van der Waals surface area contributed by atoms with Crippen LogP contribution in [0.3, 0.4) is 0 Å². The molecule has 5 rings (SSSR count). The first-order chi connectivity index (χ1) is 13.3. The van der Waals surface area contributed by atoms with Crippen LogP contribution in [-0.4, -0.2) is 14.6 Å². The van der Waals surface area contributed by atoms with Gasteiger partial charge in [-0.1, -0.05) is 66.7 Å². The first-order valence-corrected chi connectivity index (χ1v) is 8.91. The highest BCUT2D eigenvalue weighted by Crippen LogP contribution is 2.26. The van der Waals surface area contributed by atoms with E-state index in [0.29, 0.717) is 17.6 Å². The molecule has 5 aromatic rings. The van der Waals surface area contributed by atoms with E-state index in [1.54, 1.807) is 6.20 Å². The quantitative estimate of drug-likeness (QED) is 0.523. The molecule has 0 saturated heterocycles. The van der Waals surface area contributed by atoms with Crippen LogP contribution in [0.2, 0.25) is 0 Å². The average molecular weight is 351 g/mol. The maximum absolute atomic E-state index is 12.9. The van der Waals surface area contributed by atoms with Gasteiger partial charge in [0.2, 0.25) is 0 Å². The van der Waals surface area contributed by atoms with Crippen molar-refractivity contribution in [1.29, 1.82) is 0 Å². The van der Waals surface area contributed by atoms with Gasteiger partial charge >= 0.3 is 0 Å². The van der Waals surface area contributed by atoms with Crippen molar-refractivity contribution in [2.75, 3.05) is 0 Å². The fourth-order valence-electron chi connectivity index (χ4n) is 3.50. The second kappa shape index (κ2) is 6.25. The topological polar surface area (TPSA) is 50.2 Å². The van der Waals surface area contributed by atoms with Crippen LogP contribution in [-0.2, 0) is 6.42 Å². The summed E-state index contributed by atoms with van der Waals surface area (Å²) >= 11 is 0. The molecule has 2 heterocycles. The molecule has 4 heteroatoms. The monoisotopic (exact) mass is 351 g/mol. The van der Waals surface area contributed by atoms with E-state index < -0.39 is 0 Å². The van der Waals surface area contributed by atoms with Crippen molar-refractivity contribution in [3.8, 4) is 11.1 Å². The number of hydrogen-bond donors (Lipinski definition) is 1. The van der Waals surface area contributed by atoms with E-state index in [9.17, 15) is 4.79 Å². The van der Waals surface area contributed by atoms with Crippen LogP contribution in [0.5, 0.6) is 0 Å². The SMILES string of the molecule is O=c1c(Cc2ccccc2)cnc2c(-c3ccc4ccccc4c3)c[nH]n12. The molecule has 0 spiro atoms. The fourth-order valence-corrected chi connectivity index (χ4v) is 3.50. The Balaban J connectivity index is 1.60. The van der Waals surface area contributed by atoms with Crippen LogP contribution in [0, 0.1) is 0 Å². The van der Waals surface area contributed by atoms with Gasteiger partial charge in [0, 0.05) is 29.9 Å². The van der Waals surface area contributed by atoms with Gasteiger partial charge in [0.05, 0.1) is 0 Å². The van der Waals surface area contributed by atoms with Gasteiger partial charge in [-0.15, -0.1) is 0 Å². The Morgan fingerprint density at radius 2 is 1.67 bits per heavy atom. The van der Waals surface area contributed by atoms with E-state index in [-0.39, 0.29) is 5.56 Å². The average Bonchev–Trinajstić information content (AvgIpc) is 3.15. The molecule has 4 nitrogen and oxygen atoms in total. The molecule has 2 aromatic heterocycles. The zero-order chi connectivity index (χ0) is 18.2. The van der Waals surface area contributed by atoms with Crippen molar-refractivity contribution < 1.29 is 0 Å². The van der Waals surface area contributed by atoms with Gasteiger partial charge in [0.1, 0.15) is 0 Å². The minimum Gasteiger partial charge on any atom is -0.296 e. The van der Waals surface area contributed by atoms with Crippen LogP contribution >= 0.6 is 0 Å². The molecular weight excluding hydrogens is 334 g/mol. The third-order valence-electron chi connectivity index (χ3n) is 4.91. The van der Waals surface area contributed by atoms with E-state index in [1.165, 1.54) is 9.90 Å². The predicted octanol–water partition coefficient (Wildman–Crippen LogP) is 4.43. The van der Waals surface area contributed by atoms with Gasteiger partial charge in [-0.25, -0.2) is 9.50 Å². The zero-order valence-electron chi connectivity index (χ0n) is 14.6. The molecule has 0 aliphatic heterocycles. The second-order valence-corrected chi connectivity index (χ2v) is 6.66. The molecule has 0 bridgehead atoms. The van der Waals surface area contributed by atoms with Crippen molar-refractivity contribution >= 4 is 16.4 Å². The number of nitrogens with zero attached hydrogens (tertiary/aromatic N) is 2. The van der Waals surface area contributed by atoms with Gasteiger partial charge in [0.25, 0.3) is 5.56 Å². The lowest BCUT2D eigenvalue weighted by molar-refractivity contribution is 0.873. The molecule has 3 aromatic carbocycles. The lowest BCUT2D eigenvalue weighted by Gasteiger charge is -2.04. The standard InChI is InChI=1S/C23H17N3O/c27-23-20(12-16-6-2-1-3-7-16)14-24-22-21(15-25-26(22)23)19-11-10-17-8-4-5-9-18(17)13-19/h1-11,13-15,25H,12H2. The largest absolute Gasteiger partial charge is 0.296 e.